The Morgan fingerprint density at radius 3 is 2.67 bits per heavy atom. The number of carbonyl (C=O) groups excluding carboxylic acids is 2. The van der Waals surface area contributed by atoms with E-state index < -0.39 is 6.04 Å². The van der Waals surface area contributed by atoms with Crippen LogP contribution in [0.25, 0.3) is 0 Å². The zero-order valence-corrected chi connectivity index (χ0v) is 12.3. The molecule has 2 amide bonds. The molecule has 2 aliphatic heterocycles. The van der Waals surface area contributed by atoms with E-state index in [1.54, 1.807) is 0 Å². The van der Waals surface area contributed by atoms with Gasteiger partial charge in [-0.25, -0.2) is 0 Å². The Bertz CT molecular complexity index is 550. The Morgan fingerprint density at radius 1 is 1.24 bits per heavy atom. The molecule has 2 heterocycles. The quantitative estimate of drug-likeness (QED) is 0.862. The molecule has 2 aliphatic rings. The van der Waals surface area contributed by atoms with Crippen molar-refractivity contribution >= 4 is 11.8 Å². The van der Waals surface area contributed by atoms with E-state index in [0.717, 1.165) is 38.3 Å². The summed E-state index contributed by atoms with van der Waals surface area (Å²) >= 11 is 0. The van der Waals surface area contributed by atoms with Crippen molar-refractivity contribution in [2.24, 2.45) is 0 Å². The Labute approximate surface area is 124 Å². The first-order chi connectivity index (χ1) is 10.2. The first-order valence-electron chi connectivity index (χ1n) is 7.59. The highest BCUT2D eigenvalue weighted by atomic mass is 16.2. The van der Waals surface area contributed by atoms with Crippen LogP contribution in [-0.2, 0) is 11.2 Å². The fourth-order valence-electron chi connectivity index (χ4n) is 3.08. The predicted octanol–water partition coefficient (Wildman–Crippen LogP) is 0.505. The molecule has 1 aromatic carbocycles. The number of rotatable bonds is 2. The normalized spacial score (nSPS) is 22.6. The van der Waals surface area contributed by atoms with Gasteiger partial charge in [-0.05, 0) is 18.2 Å². The Kier molecular flexibility index (Phi) is 3.92. The molecule has 0 aromatic heterocycles. The minimum Gasteiger partial charge on any atom is -0.340 e. The van der Waals surface area contributed by atoms with E-state index in [4.69, 9.17) is 0 Å². The fraction of sp³-hybridized carbons (Fsp3) is 0.500. The number of likely N-dealkylation sites (N-methyl/N-ethyl adjacent to an activating group) is 1. The molecule has 1 aromatic rings. The average Bonchev–Trinajstić information content (AvgIpc) is 2.54. The second kappa shape index (κ2) is 5.85. The monoisotopic (exact) mass is 287 g/mol. The van der Waals surface area contributed by atoms with Crippen molar-refractivity contribution in [3.05, 3.63) is 35.4 Å². The molecular weight excluding hydrogens is 266 g/mol. The lowest BCUT2D eigenvalue weighted by Gasteiger charge is -2.37. The summed E-state index contributed by atoms with van der Waals surface area (Å²) in [5.41, 5.74) is 1.66. The van der Waals surface area contributed by atoms with Crippen LogP contribution in [0, 0.1) is 0 Å². The van der Waals surface area contributed by atoms with E-state index >= 15 is 0 Å². The number of nitrogens with zero attached hydrogens (tertiary/aromatic N) is 2. The number of hydrogen-bond donors (Lipinski definition) is 1. The van der Waals surface area contributed by atoms with Crippen LogP contribution >= 0.6 is 0 Å². The molecule has 21 heavy (non-hydrogen) atoms. The van der Waals surface area contributed by atoms with Gasteiger partial charge in [0.05, 0.1) is 0 Å². The van der Waals surface area contributed by atoms with Gasteiger partial charge in [0.15, 0.2) is 0 Å². The van der Waals surface area contributed by atoms with Crippen LogP contribution in [0.3, 0.4) is 0 Å². The fourth-order valence-corrected chi connectivity index (χ4v) is 3.08. The maximum absolute atomic E-state index is 12.6. The third-order valence-electron chi connectivity index (χ3n) is 4.42. The summed E-state index contributed by atoms with van der Waals surface area (Å²) in [5.74, 6) is -0.0870. The Balaban J connectivity index is 1.68. The van der Waals surface area contributed by atoms with Crippen LogP contribution in [0.2, 0.25) is 0 Å². The SMILES string of the molecule is CCN1CCN(C(=O)C2Cc3ccccc3C(=O)N2)CC1. The molecule has 5 heteroatoms. The summed E-state index contributed by atoms with van der Waals surface area (Å²) in [7, 11) is 0. The first-order valence-corrected chi connectivity index (χ1v) is 7.59. The van der Waals surface area contributed by atoms with Gasteiger partial charge in [-0.3, -0.25) is 9.59 Å². The summed E-state index contributed by atoms with van der Waals surface area (Å²) in [6, 6.07) is 7.10. The molecule has 1 saturated heterocycles. The van der Waals surface area contributed by atoms with Gasteiger partial charge in [-0.1, -0.05) is 25.1 Å². The van der Waals surface area contributed by atoms with E-state index in [1.807, 2.05) is 29.2 Å². The maximum atomic E-state index is 12.6. The summed E-state index contributed by atoms with van der Waals surface area (Å²) in [6.07, 6.45) is 0.592. The van der Waals surface area contributed by atoms with Crippen molar-refractivity contribution in [1.82, 2.24) is 15.1 Å². The molecule has 1 atom stereocenters. The lowest BCUT2D eigenvalue weighted by molar-refractivity contribution is -0.135. The number of amides is 2. The van der Waals surface area contributed by atoms with Crippen LogP contribution in [-0.4, -0.2) is 60.4 Å². The van der Waals surface area contributed by atoms with Gasteiger partial charge in [0.25, 0.3) is 5.91 Å². The molecule has 0 spiro atoms. The molecule has 0 aliphatic carbocycles. The maximum Gasteiger partial charge on any atom is 0.252 e. The van der Waals surface area contributed by atoms with Crippen LogP contribution in [0.5, 0.6) is 0 Å². The van der Waals surface area contributed by atoms with Gasteiger partial charge < -0.3 is 15.1 Å². The van der Waals surface area contributed by atoms with Gasteiger partial charge in [0, 0.05) is 38.2 Å². The number of nitrogens with one attached hydrogen (secondary N) is 1. The van der Waals surface area contributed by atoms with Crippen LogP contribution in [0.15, 0.2) is 24.3 Å². The van der Waals surface area contributed by atoms with Crippen molar-refractivity contribution < 1.29 is 9.59 Å². The third-order valence-corrected chi connectivity index (χ3v) is 4.42. The van der Waals surface area contributed by atoms with Crippen molar-refractivity contribution in [2.45, 2.75) is 19.4 Å². The topological polar surface area (TPSA) is 52.7 Å². The summed E-state index contributed by atoms with van der Waals surface area (Å²) < 4.78 is 0. The lowest BCUT2D eigenvalue weighted by atomic mass is 9.94. The van der Waals surface area contributed by atoms with E-state index in [0.29, 0.717) is 12.0 Å². The molecule has 0 saturated carbocycles. The highest BCUT2D eigenvalue weighted by Gasteiger charge is 2.32. The standard InChI is InChI=1S/C16H21N3O2/c1-2-18-7-9-19(10-8-18)16(21)14-11-12-5-3-4-6-13(12)15(20)17-14/h3-6,14H,2,7-11H2,1H3,(H,17,20). The molecule has 0 radical (unpaired) electrons. The second-order valence-electron chi connectivity index (χ2n) is 5.65. The molecule has 5 nitrogen and oxygen atoms in total. The first kappa shape index (κ1) is 14.1. The highest BCUT2D eigenvalue weighted by Crippen LogP contribution is 2.18. The molecule has 1 fully saturated rings. The summed E-state index contributed by atoms with van der Waals surface area (Å²) in [4.78, 5) is 28.9. The third kappa shape index (κ3) is 2.78. The van der Waals surface area contributed by atoms with Gasteiger partial charge in [-0.2, -0.15) is 0 Å². The molecule has 0 bridgehead atoms. The van der Waals surface area contributed by atoms with Crippen LogP contribution in [0.4, 0.5) is 0 Å². The zero-order valence-electron chi connectivity index (χ0n) is 12.3. The van der Waals surface area contributed by atoms with Gasteiger partial charge >= 0.3 is 0 Å². The molecular formula is C16H21N3O2. The lowest BCUT2D eigenvalue weighted by Crippen LogP contribution is -2.56. The molecule has 1 N–H and O–H groups in total. The van der Waals surface area contributed by atoms with Crippen LogP contribution in [0.1, 0.15) is 22.8 Å². The smallest absolute Gasteiger partial charge is 0.252 e. The van der Waals surface area contributed by atoms with E-state index in [2.05, 4.69) is 17.1 Å². The van der Waals surface area contributed by atoms with Crippen molar-refractivity contribution in [3.63, 3.8) is 0 Å². The molecule has 1 unspecified atom stereocenters. The number of hydrogen-bond acceptors (Lipinski definition) is 3. The van der Waals surface area contributed by atoms with Gasteiger partial charge in [0.1, 0.15) is 6.04 Å². The van der Waals surface area contributed by atoms with Gasteiger partial charge in [-0.15, -0.1) is 0 Å². The zero-order chi connectivity index (χ0) is 14.8. The van der Waals surface area contributed by atoms with Gasteiger partial charge in [0.2, 0.25) is 5.91 Å². The highest BCUT2D eigenvalue weighted by molar-refractivity contribution is 6.00. The Hall–Kier alpha value is -1.88. The van der Waals surface area contributed by atoms with Crippen molar-refractivity contribution in [3.8, 4) is 0 Å². The number of carbonyl (C=O) groups is 2. The minimum absolute atomic E-state index is 0.0496. The van der Waals surface area contributed by atoms with Crippen molar-refractivity contribution in [2.75, 3.05) is 32.7 Å². The minimum atomic E-state index is -0.416. The summed E-state index contributed by atoms with van der Waals surface area (Å²) in [6.45, 7) is 6.49. The molecule has 3 rings (SSSR count). The predicted molar refractivity (Wildman–Crippen MR) is 80.1 cm³/mol. The van der Waals surface area contributed by atoms with E-state index in [1.165, 1.54) is 0 Å². The number of fused-ring (bicyclic) bond motifs is 1. The molecule has 112 valence electrons. The van der Waals surface area contributed by atoms with E-state index in [-0.39, 0.29) is 11.8 Å². The van der Waals surface area contributed by atoms with Crippen molar-refractivity contribution in [1.29, 1.82) is 0 Å². The number of benzene rings is 1. The summed E-state index contributed by atoms with van der Waals surface area (Å²) in [5, 5.41) is 2.85. The largest absolute Gasteiger partial charge is 0.340 e. The van der Waals surface area contributed by atoms with Crippen LogP contribution < -0.4 is 5.32 Å². The van der Waals surface area contributed by atoms with E-state index in [9.17, 15) is 9.59 Å². The number of piperazine rings is 1. The second-order valence-corrected chi connectivity index (χ2v) is 5.65. The average molecular weight is 287 g/mol. The Morgan fingerprint density at radius 2 is 1.95 bits per heavy atom.